The zero-order chi connectivity index (χ0) is 30.2. The van der Waals surface area contributed by atoms with Crippen molar-refractivity contribution in [3.63, 3.8) is 0 Å². The van der Waals surface area contributed by atoms with E-state index in [2.05, 4.69) is 15.5 Å². The van der Waals surface area contributed by atoms with Crippen LogP contribution >= 0.6 is 23.1 Å². The molecular weight excluding hydrogens is 597 g/mol. The van der Waals surface area contributed by atoms with Crippen LogP contribution in [0, 0.1) is 0 Å². The number of carboxylic acid groups (broad SMARTS) is 2. The molecule has 3 aliphatic heterocycles. The molecule has 19 heteroatoms. The maximum absolute atomic E-state index is 12.9. The Morgan fingerprint density at radius 2 is 1.88 bits per heavy atom. The molecule has 1 aromatic rings. The summed E-state index contributed by atoms with van der Waals surface area (Å²) in [5, 5.41) is 32.7. The third kappa shape index (κ3) is 6.14. The maximum atomic E-state index is 12.9. The van der Waals surface area contributed by atoms with E-state index < -0.39 is 47.1 Å². The largest absolute Gasteiger partial charge is 0.490 e. The van der Waals surface area contributed by atoms with Crippen LogP contribution in [0.15, 0.2) is 33.5 Å². The second-order valence-corrected chi connectivity index (χ2v) is 11.0. The minimum absolute atomic E-state index is 0.0592. The third-order valence-electron chi connectivity index (χ3n) is 6.30. The summed E-state index contributed by atoms with van der Waals surface area (Å²) in [5.74, 6) is -5.30. The van der Waals surface area contributed by atoms with Crippen molar-refractivity contribution in [1.29, 1.82) is 0 Å². The molecule has 1 aromatic heterocycles. The van der Waals surface area contributed by atoms with E-state index in [1.165, 1.54) is 17.1 Å². The first-order chi connectivity index (χ1) is 19.2. The van der Waals surface area contributed by atoms with Gasteiger partial charge >= 0.3 is 18.1 Å². The number of amides is 3. The Morgan fingerprint density at radius 3 is 2.39 bits per heavy atom. The number of thioether (sulfide) groups is 1. The number of nitrogens with one attached hydrogen (secondary N) is 1. The fourth-order valence-electron chi connectivity index (χ4n) is 4.29. The number of nitrogens with zero attached hydrogens (tertiary/aromatic N) is 4. The molecule has 2 atom stereocenters. The number of hydrogen-bond donors (Lipinski definition) is 5. The normalized spacial score (nSPS) is 23.6. The molecule has 0 unspecified atom stereocenters. The summed E-state index contributed by atoms with van der Waals surface area (Å²) in [7, 11) is 0. The van der Waals surface area contributed by atoms with Crippen LogP contribution in [0.1, 0.15) is 25.0 Å². The van der Waals surface area contributed by atoms with Gasteiger partial charge in [0, 0.05) is 29.3 Å². The Morgan fingerprint density at radius 1 is 1.22 bits per heavy atom. The van der Waals surface area contributed by atoms with E-state index >= 15 is 0 Å². The molecule has 14 nitrogen and oxygen atoms in total. The molecule has 4 heterocycles. The van der Waals surface area contributed by atoms with Crippen LogP contribution in [-0.2, 0) is 24.0 Å². The van der Waals surface area contributed by atoms with Gasteiger partial charge in [0.15, 0.2) is 10.8 Å². The minimum atomic E-state index is -5.08. The zero-order valence-electron chi connectivity index (χ0n) is 20.6. The topological polar surface area (TPSA) is 216 Å². The number of carbonyl (C=O) groups excluding carboxylic acids is 3. The van der Waals surface area contributed by atoms with E-state index in [1.54, 1.807) is 6.08 Å². The highest BCUT2D eigenvalue weighted by Crippen LogP contribution is 2.42. The van der Waals surface area contributed by atoms with Crippen molar-refractivity contribution < 1.29 is 52.6 Å². The highest BCUT2D eigenvalue weighted by Gasteiger charge is 2.54. The first-order valence-electron chi connectivity index (χ1n) is 11.7. The number of carboxylic acids is 2. The van der Waals surface area contributed by atoms with Crippen LogP contribution in [0.2, 0.25) is 0 Å². The molecule has 6 N–H and O–H groups in total. The van der Waals surface area contributed by atoms with Crippen LogP contribution in [0.25, 0.3) is 0 Å². The molecule has 3 fully saturated rings. The monoisotopic (exact) mass is 618 g/mol. The second-order valence-electron chi connectivity index (χ2n) is 9.01. The number of hydrogen-bond acceptors (Lipinski definition) is 11. The van der Waals surface area contributed by atoms with Gasteiger partial charge in [-0.1, -0.05) is 5.16 Å². The zero-order valence-corrected chi connectivity index (χ0v) is 22.3. The number of β-lactam (4-membered cyclic amide) rings is 1. The van der Waals surface area contributed by atoms with E-state index in [1.807, 2.05) is 4.90 Å². The minimum Gasteiger partial charge on any atom is -0.477 e. The van der Waals surface area contributed by atoms with Crippen molar-refractivity contribution in [1.82, 2.24) is 20.1 Å². The van der Waals surface area contributed by atoms with Gasteiger partial charge < -0.3 is 31.4 Å². The lowest BCUT2D eigenvalue weighted by Gasteiger charge is -2.49. The molecule has 0 aromatic carbocycles. The van der Waals surface area contributed by atoms with Gasteiger partial charge in [0.25, 0.3) is 11.8 Å². The molecule has 4 aliphatic rings. The number of likely N-dealkylation sites (tertiary alicyclic amines) is 1. The van der Waals surface area contributed by atoms with Crippen molar-refractivity contribution in [3.05, 3.63) is 34.0 Å². The molecule has 0 radical (unpaired) electrons. The van der Waals surface area contributed by atoms with E-state index in [0.29, 0.717) is 24.1 Å². The van der Waals surface area contributed by atoms with Gasteiger partial charge in [-0.15, -0.1) is 23.1 Å². The molecular formula is C22H21F3N6O8S2. The van der Waals surface area contributed by atoms with Crippen LogP contribution in [0.3, 0.4) is 0 Å². The number of anilines is 1. The quantitative estimate of drug-likeness (QED) is 0.0978. The highest BCUT2D eigenvalue weighted by molar-refractivity contribution is 8.00. The number of aromatic nitrogens is 1. The van der Waals surface area contributed by atoms with Crippen molar-refractivity contribution in [3.8, 4) is 0 Å². The number of nitrogen functional groups attached to an aromatic ring is 1. The van der Waals surface area contributed by atoms with Crippen LogP contribution < -0.4 is 11.1 Å². The number of alkyl halides is 3. The van der Waals surface area contributed by atoms with Gasteiger partial charge in [0.05, 0.1) is 0 Å². The van der Waals surface area contributed by atoms with E-state index in [-0.39, 0.29) is 34.2 Å². The fraction of sp³-hybridized carbons (Fsp3) is 0.409. The van der Waals surface area contributed by atoms with E-state index in [0.717, 1.165) is 29.1 Å². The first-order valence-corrected chi connectivity index (χ1v) is 13.6. The molecule has 0 spiro atoms. The number of oxime groups is 1. The number of carbonyl (C=O) groups is 5. The number of rotatable bonds is 6. The van der Waals surface area contributed by atoms with Crippen LogP contribution in [0.5, 0.6) is 0 Å². The predicted octanol–water partition coefficient (Wildman–Crippen LogP) is 0.597. The number of allylic oxidation sites excluding steroid dienone is 1. The van der Waals surface area contributed by atoms with Gasteiger partial charge in [-0.3, -0.25) is 19.3 Å². The van der Waals surface area contributed by atoms with E-state index in [9.17, 15) is 42.7 Å². The summed E-state index contributed by atoms with van der Waals surface area (Å²) < 4.78 is 31.7. The standard InChI is InChI=1S/C20H20N6O6S2.C2HF3O2/c21-20-22-11(7-34-20)12(24-32)15(27)23-13-17(29)26-14(19(30)31)9(6-33-18(13)26)5-8-3-4-25(16(8)28)10-1-2-10;3-2(4,5)1(6)7/h5,7,10,13,18,32H,1-4,6H2,(H2,21,22)(H,23,27)(H,30,31);(H,6,7)/b8-5+,24-12-;/t13-,18-;/m1./s1. The Bertz CT molecular complexity index is 1400. The van der Waals surface area contributed by atoms with Gasteiger partial charge in [-0.05, 0) is 30.9 Å². The van der Waals surface area contributed by atoms with Crippen molar-refractivity contribution in [2.24, 2.45) is 5.16 Å². The number of nitrogens with two attached hydrogens (primary N) is 1. The van der Waals surface area contributed by atoms with E-state index in [4.69, 9.17) is 15.6 Å². The van der Waals surface area contributed by atoms with Crippen molar-refractivity contribution >= 4 is 63.6 Å². The number of fused-ring (bicyclic) bond motifs is 1. The Hall–Kier alpha value is -4.13. The molecule has 1 aliphatic carbocycles. The predicted molar refractivity (Wildman–Crippen MR) is 136 cm³/mol. The number of aliphatic carboxylic acids is 2. The highest BCUT2D eigenvalue weighted by atomic mass is 32.2. The SMILES string of the molecule is Nc1nc(/C(=N/O)C(=O)N[C@@H]2C(=O)N3C(C(=O)O)=C(/C=C4\CCN(C5CC5)C4=O)CS[C@H]23)cs1.O=C(O)C(F)(F)F. The molecule has 2 saturated heterocycles. The fourth-order valence-corrected chi connectivity index (χ4v) is 6.14. The average molecular weight is 619 g/mol. The number of thiazole rings is 1. The number of halogens is 3. The lowest BCUT2D eigenvalue weighted by molar-refractivity contribution is -0.192. The second kappa shape index (κ2) is 11.4. The van der Waals surface area contributed by atoms with Crippen molar-refractivity contribution in [2.75, 3.05) is 18.0 Å². The third-order valence-corrected chi connectivity index (χ3v) is 8.28. The smallest absolute Gasteiger partial charge is 0.477 e. The molecule has 41 heavy (non-hydrogen) atoms. The molecule has 220 valence electrons. The molecule has 5 rings (SSSR count). The summed E-state index contributed by atoms with van der Waals surface area (Å²) in [6.45, 7) is 0.622. The summed E-state index contributed by atoms with van der Waals surface area (Å²) in [5.41, 5.74) is 5.96. The van der Waals surface area contributed by atoms with Gasteiger partial charge in [0.1, 0.15) is 22.8 Å². The lowest BCUT2D eigenvalue weighted by atomic mass is 10.0. The van der Waals surface area contributed by atoms with Crippen LogP contribution in [0.4, 0.5) is 18.3 Å². The molecule has 3 amide bonds. The first kappa shape index (κ1) is 29.8. The van der Waals surface area contributed by atoms with Crippen LogP contribution in [-0.4, -0.2) is 102 Å². The Kier molecular flexibility index (Phi) is 8.29. The average Bonchev–Trinajstić information content (AvgIpc) is 3.56. The summed E-state index contributed by atoms with van der Waals surface area (Å²) >= 11 is 2.34. The maximum Gasteiger partial charge on any atom is 0.490 e. The Balaban J connectivity index is 0.000000493. The summed E-state index contributed by atoms with van der Waals surface area (Å²) in [6, 6.07) is -0.724. The summed E-state index contributed by atoms with van der Waals surface area (Å²) in [6.07, 6.45) is -0.961. The Labute approximate surface area is 236 Å². The molecule has 1 saturated carbocycles. The van der Waals surface area contributed by atoms with Crippen molar-refractivity contribution in [2.45, 2.75) is 42.9 Å². The lowest BCUT2D eigenvalue weighted by Crippen LogP contribution is -2.71. The van der Waals surface area contributed by atoms with Gasteiger partial charge in [-0.25, -0.2) is 14.6 Å². The molecule has 0 bridgehead atoms. The summed E-state index contributed by atoms with van der Waals surface area (Å²) in [4.78, 5) is 65.9. The van der Waals surface area contributed by atoms with Gasteiger partial charge in [-0.2, -0.15) is 13.2 Å². The van der Waals surface area contributed by atoms with Gasteiger partial charge in [0.2, 0.25) is 5.91 Å².